The minimum absolute atomic E-state index is 0.0307. The Morgan fingerprint density at radius 3 is 1.39 bits per heavy atom. The van der Waals surface area contributed by atoms with Gasteiger partial charge >= 0.3 is 5.97 Å². The Labute approximate surface area is 466 Å². The van der Waals surface area contributed by atoms with E-state index < -0.39 is 67.4 Å². The number of hydrogen-bond donors (Lipinski definition) is 6. The number of rotatable bonds is 47. The highest BCUT2D eigenvalue weighted by Crippen LogP contribution is 2.26. The molecule has 77 heavy (non-hydrogen) atoms. The normalized spacial score (nSPS) is 20.1. The highest BCUT2D eigenvalue weighted by atomic mass is 16.7. The third kappa shape index (κ3) is 40.4. The van der Waals surface area contributed by atoms with Gasteiger partial charge < -0.3 is 45.1 Å². The van der Waals surface area contributed by atoms with Crippen LogP contribution < -0.4 is 5.32 Å². The van der Waals surface area contributed by atoms with E-state index in [1.807, 2.05) is 24.3 Å². The SMILES string of the molecule is CC/C=C\C/C=C\C/C=C\C/C=C\C/C=C\C/C=C\CCCC(O)C(=O)NC(COC1OC(CO)C(O)C(O)C1OC(=O)CCC/C=C\C/C=C\C/C=C\C/C=C\C/C=C\CC)C(O)/C=C/CCCCCCCCCCC. The van der Waals surface area contributed by atoms with Crippen molar-refractivity contribution in [3.8, 4) is 0 Å². The highest BCUT2D eigenvalue weighted by Gasteiger charge is 2.47. The molecule has 0 radical (unpaired) electrons. The molecule has 1 heterocycles. The Bertz CT molecular complexity index is 1800. The molecule has 0 aliphatic carbocycles. The molecule has 0 bridgehead atoms. The van der Waals surface area contributed by atoms with Gasteiger partial charge in [-0.3, -0.25) is 9.59 Å². The second-order valence-corrected chi connectivity index (χ2v) is 19.6. The van der Waals surface area contributed by atoms with Crippen LogP contribution in [0.3, 0.4) is 0 Å². The molecule has 1 amide bonds. The molecule has 0 spiro atoms. The molecule has 1 rings (SSSR count). The van der Waals surface area contributed by atoms with Gasteiger partial charge in [-0.15, -0.1) is 0 Å². The van der Waals surface area contributed by atoms with Gasteiger partial charge in [-0.05, 0) is 116 Å². The molecular weight excluding hydrogens is 967 g/mol. The molecular formula is C66H105NO10. The molecule has 434 valence electrons. The third-order valence-corrected chi connectivity index (χ3v) is 12.7. The van der Waals surface area contributed by atoms with Crippen molar-refractivity contribution in [2.45, 2.75) is 243 Å². The van der Waals surface area contributed by atoms with Crippen molar-refractivity contribution >= 4 is 11.9 Å². The molecule has 1 saturated heterocycles. The van der Waals surface area contributed by atoms with Crippen LogP contribution in [-0.4, -0.2) is 99.6 Å². The molecule has 11 heteroatoms. The summed E-state index contributed by atoms with van der Waals surface area (Å²) in [6.07, 6.45) is 64.7. The minimum Gasteiger partial charge on any atom is -0.454 e. The van der Waals surface area contributed by atoms with Crippen LogP contribution in [0.4, 0.5) is 0 Å². The summed E-state index contributed by atoms with van der Waals surface area (Å²) < 4.78 is 17.5. The minimum atomic E-state index is -1.65. The van der Waals surface area contributed by atoms with Gasteiger partial charge in [0.15, 0.2) is 12.4 Å². The topological polar surface area (TPSA) is 175 Å². The number of ether oxygens (including phenoxy) is 3. The molecule has 0 saturated carbocycles. The van der Waals surface area contributed by atoms with Crippen LogP contribution in [-0.2, 0) is 23.8 Å². The Morgan fingerprint density at radius 1 is 0.519 bits per heavy atom. The van der Waals surface area contributed by atoms with Crippen molar-refractivity contribution in [3.63, 3.8) is 0 Å². The Kier molecular flexibility index (Phi) is 47.9. The average Bonchev–Trinajstić information content (AvgIpc) is 3.43. The summed E-state index contributed by atoms with van der Waals surface area (Å²) in [4.78, 5) is 26.5. The highest BCUT2D eigenvalue weighted by molar-refractivity contribution is 5.80. The van der Waals surface area contributed by atoms with E-state index in [4.69, 9.17) is 14.2 Å². The largest absolute Gasteiger partial charge is 0.454 e. The van der Waals surface area contributed by atoms with E-state index in [1.165, 1.54) is 38.5 Å². The van der Waals surface area contributed by atoms with E-state index in [0.29, 0.717) is 25.7 Å². The summed E-state index contributed by atoms with van der Waals surface area (Å²) in [6.45, 7) is 5.46. The predicted octanol–water partition coefficient (Wildman–Crippen LogP) is 13.8. The first kappa shape index (κ1) is 70.6. The summed E-state index contributed by atoms with van der Waals surface area (Å²) in [6, 6.07) is -1.07. The van der Waals surface area contributed by atoms with E-state index in [9.17, 15) is 35.1 Å². The standard InChI is InChI=1S/C66H105NO10/c1-4-7-10-13-16-19-22-24-26-28-29-30-32-33-35-38-41-44-47-50-53-59(70)65(74)67-57(58(69)52-49-46-43-40-37-21-18-15-12-9-6-3)56-75-66-64(63(73)62(72)60(55-68)76-66)77-61(71)54-51-48-45-42-39-36-34-31-27-25-23-20-17-14-11-8-5-2/h7-8,10-11,16-17,19-20,24-27,29-30,33-36,41-42,44-45,49,52,57-60,62-64,66,68-70,72-73H,4-6,9,12-15,18,21-23,28,31-32,37-40,43,46-48,50-51,53-56H2,1-3H3,(H,67,74)/b10-7-,11-8-,19-16-,20-17-,26-24-,27-25-,30-29-,35-33-,36-34-,44-41-,45-42-,52-49+. The van der Waals surface area contributed by atoms with Gasteiger partial charge in [0.05, 0.1) is 25.4 Å². The third-order valence-electron chi connectivity index (χ3n) is 12.7. The van der Waals surface area contributed by atoms with Crippen LogP contribution in [0.2, 0.25) is 0 Å². The second kappa shape index (κ2) is 52.3. The lowest BCUT2D eigenvalue weighted by atomic mass is 9.99. The fraction of sp³-hybridized carbons (Fsp3) is 0.606. The molecule has 1 aliphatic rings. The summed E-state index contributed by atoms with van der Waals surface area (Å²) in [5.41, 5.74) is 0. The van der Waals surface area contributed by atoms with Gasteiger partial charge in [0.25, 0.3) is 0 Å². The number of aliphatic hydroxyl groups is 5. The van der Waals surface area contributed by atoms with Gasteiger partial charge in [-0.1, -0.05) is 218 Å². The van der Waals surface area contributed by atoms with Crippen LogP contribution in [0.25, 0.3) is 0 Å². The summed E-state index contributed by atoms with van der Waals surface area (Å²) in [5, 5.41) is 56.8. The molecule has 11 nitrogen and oxygen atoms in total. The first-order chi connectivity index (χ1) is 37.7. The first-order valence-electron chi connectivity index (χ1n) is 29.6. The van der Waals surface area contributed by atoms with Crippen LogP contribution >= 0.6 is 0 Å². The number of aliphatic hydroxyl groups excluding tert-OH is 5. The molecule has 1 aliphatic heterocycles. The van der Waals surface area contributed by atoms with E-state index in [-0.39, 0.29) is 19.4 Å². The predicted molar refractivity (Wildman–Crippen MR) is 319 cm³/mol. The fourth-order valence-electron chi connectivity index (χ4n) is 8.10. The smallest absolute Gasteiger partial charge is 0.306 e. The monoisotopic (exact) mass is 1070 g/mol. The molecule has 0 aromatic rings. The quantitative estimate of drug-likeness (QED) is 0.0195. The lowest BCUT2D eigenvalue weighted by Crippen LogP contribution is -2.61. The number of allylic oxidation sites excluding steroid dienone is 23. The van der Waals surface area contributed by atoms with Gasteiger partial charge in [0, 0.05) is 6.42 Å². The first-order valence-corrected chi connectivity index (χ1v) is 29.6. The zero-order valence-electron chi connectivity index (χ0n) is 47.8. The van der Waals surface area contributed by atoms with Crippen molar-refractivity contribution < 1.29 is 49.3 Å². The maximum absolute atomic E-state index is 13.4. The van der Waals surface area contributed by atoms with Gasteiger partial charge in [-0.25, -0.2) is 0 Å². The molecule has 0 aromatic carbocycles. The Balaban J connectivity index is 2.78. The Hall–Kier alpha value is -4.46. The molecule has 8 unspecified atom stereocenters. The summed E-state index contributed by atoms with van der Waals surface area (Å²) in [5.74, 6) is -1.32. The number of carbonyl (C=O) groups is 2. The average molecular weight is 1070 g/mol. The molecule has 0 aromatic heterocycles. The van der Waals surface area contributed by atoms with Crippen molar-refractivity contribution in [3.05, 3.63) is 146 Å². The number of amides is 1. The van der Waals surface area contributed by atoms with E-state index in [1.54, 1.807) is 6.08 Å². The van der Waals surface area contributed by atoms with E-state index in [2.05, 4.69) is 142 Å². The van der Waals surface area contributed by atoms with Gasteiger partial charge in [0.1, 0.15) is 24.4 Å². The van der Waals surface area contributed by atoms with Crippen molar-refractivity contribution in [1.29, 1.82) is 0 Å². The van der Waals surface area contributed by atoms with Gasteiger partial charge in [0.2, 0.25) is 5.91 Å². The number of unbranched alkanes of at least 4 members (excludes halogenated alkanes) is 11. The van der Waals surface area contributed by atoms with E-state index in [0.717, 1.165) is 96.3 Å². The molecule has 6 N–H and O–H groups in total. The lowest BCUT2D eigenvalue weighted by Gasteiger charge is -2.41. The van der Waals surface area contributed by atoms with Crippen LogP contribution in [0.15, 0.2) is 146 Å². The molecule has 8 atom stereocenters. The maximum Gasteiger partial charge on any atom is 0.306 e. The second-order valence-electron chi connectivity index (χ2n) is 19.6. The fourth-order valence-corrected chi connectivity index (χ4v) is 8.10. The number of esters is 1. The molecule has 1 fully saturated rings. The zero-order chi connectivity index (χ0) is 56.1. The Morgan fingerprint density at radius 2 is 0.935 bits per heavy atom. The maximum atomic E-state index is 13.4. The van der Waals surface area contributed by atoms with Crippen LogP contribution in [0.1, 0.15) is 194 Å². The van der Waals surface area contributed by atoms with Crippen molar-refractivity contribution in [1.82, 2.24) is 5.32 Å². The van der Waals surface area contributed by atoms with Crippen molar-refractivity contribution in [2.24, 2.45) is 0 Å². The van der Waals surface area contributed by atoms with Gasteiger partial charge in [-0.2, -0.15) is 0 Å². The number of nitrogens with one attached hydrogen (secondary N) is 1. The zero-order valence-corrected chi connectivity index (χ0v) is 47.8. The summed E-state index contributed by atoms with van der Waals surface area (Å²) in [7, 11) is 0. The number of hydrogen-bond acceptors (Lipinski definition) is 10. The van der Waals surface area contributed by atoms with Crippen LogP contribution in [0.5, 0.6) is 0 Å². The number of carbonyl (C=O) groups excluding carboxylic acids is 2. The lowest BCUT2D eigenvalue weighted by molar-refractivity contribution is -0.305. The van der Waals surface area contributed by atoms with Crippen molar-refractivity contribution in [2.75, 3.05) is 13.2 Å². The van der Waals surface area contributed by atoms with Crippen LogP contribution in [0, 0.1) is 0 Å². The summed E-state index contributed by atoms with van der Waals surface area (Å²) >= 11 is 0. The van der Waals surface area contributed by atoms with E-state index >= 15 is 0 Å².